The Bertz CT molecular complexity index is 1000. The highest BCUT2D eigenvalue weighted by molar-refractivity contribution is 7.99. The number of hydrogen-bond acceptors (Lipinski definition) is 7. The monoisotopic (exact) mass is 448 g/mol. The summed E-state index contributed by atoms with van der Waals surface area (Å²) in [4.78, 5) is 25.1. The van der Waals surface area contributed by atoms with Gasteiger partial charge in [0.2, 0.25) is 5.16 Å². The molecule has 0 bridgehead atoms. The van der Waals surface area contributed by atoms with Crippen LogP contribution in [0, 0.1) is 0 Å². The zero-order chi connectivity index (χ0) is 21.3. The molecule has 1 aliphatic heterocycles. The minimum atomic E-state index is -0.663. The molecule has 0 spiro atoms. The molecule has 1 unspecified atom stereocenters. The molecule has 2 heterocycles. The SMILES string of the molecule is CCOC(=O)C1=C(CSc2nnc(C3CC3)n2N)NC(=O)NC1c1ccc(Cl)cc1. The highest BCUT2D eigenvalue weighted by atomic mass is 35.5. The third kappa shape index (κ3) is 4.24. The molecule has 2 aromatic rings. The Kier molecular flexibility index (Phi) is 5.87. The van der Waals surface area contributed by atoms with Crippen molar-refractivity contribution in [1.29, 1.82) is 0 Å². The fraction of sp³-hybridized carbons (Fsp3) is 0.368. The van der Waals surface area contributed by atoms with Crippen LogP contribution in [0.2, 0.25) is 5.02 Å². The van der Waals surface area contributed by atoms with Crippen LogP contribution in [-0.2, 0) is 9.53 Å². The first-order chi connectivity index (χ1) is 14.5. The number of carbonyl (C=O) groups excluding carboxylic acids is 2. The van der Waals surface area contributed by atoms with Crippen LogP contribution in [0.25, 0.3) is 0 Å². The quantitative estimate of drug-likeness (QED) is 0.337. The average molecular weight is 449 g/mol. The molecule has 1 aromatic carbocycles. The van der Waals surface area contributed by atoms with Crippen LogP contribution >= 0.6 is 23.4 Å². The number of nitrogens with zero attached hydrogens (tertiary/aromatic N) is 3. The number of thioether (sulfide) groups is 1. The van der Waals surface area contributed by atoms with Crippen LogP contribution in [0.3, 0.4) is 0 Å². The Morgan fingerprint density at radius 1 is 1.33 bits per heavy atom. The summed E-state index contributed by atoms with van der Waals surface area (Å²) in [5, 5.41) is 14.9. The second-order valence-corrected chi connectivity index (χ2v) is 8.35. The first-order valence-electron chi connectivity index (χ1n) is 9.54. The number of nitrogens with two attached hydrogens (primary N) is 1. The highest BCUT2D eigenvalue weighted by Gasteiger charge is 2.34. The number of benzene rings is 1. The standard InChI is InChI=1S/C19H21ClN6O3S/c1-2-29-17(27)14-13(9-30-19-25-24-16(26(19)21)11-3-4-11)22-18(28)23-15(14)10-5-7-12(20)8-6-10/h5-8,11,15H,2-4,9,21H2,1H3,(H2,22,23,28). The van der Waals surface area contributed by atoms with Gasteiger partial charge in [0, 0.05) is 22.4 Å². The fourth-order valence-corrected chi connectivity index (χ4v) is 4.19. The highest BCUT2D eigenvalue weighted by Crippen LogP contribution is 2.39. The van der Waals surface area contributed by atoms with Gasteiger partial charge >= 0.3 is 12.0 Å². The van der Waals surface area contributed by atoms with Gasteiger partial charge in [0.05, 0.1) is 18.2 Å². The number of nitrogen functional groups attached to an aromatic ring is 1. The Morgan fingerprint density at radius 3 is 2.73 bits per heavy atom. The largest absolute Gasteiger partial charge is 0.463 e. The van der Waals surface area contributed by atoms with Crippen molar-refractivity contribution in [3.63, 3.8) is 0 Å². The van der Waals surface area contributed by atoms with Gasteiger partial charge < -0.3 is 21.2 Å². The van der Waals surface area contributed by atoms with E-state index < -0.39 is 18.0 Å². The lowest BCUT2D eigenvalue weighted by molar-refractivity contribution is -0.139. The molecule has 0 saturated heterocycles. The molecule has 1 aliphatic carbocycles. The van der Waals surface area contributed by atoms with E-state index in [9.17, 15) is 9.59 Å². The van der Waals surface area contributed by atoms with E-state index in [4.69, 9.17) is 22.2 Å². The van der Waals surface area contributed by atoms with Gasteiger partial charge in [-0.25, -0.2) is 14.3 Å². The molecule has 158 valence electrons. The molecule has 1 saturated carbocycles. The van der Waals surface area contributed by atoms with Crippen molar-refractivity contribution in [2.45, 2.75) is 36.9 Å². The molecule has 4 N–H and O–H groups in total. The average Bonchev–Trinajstić information content (AvgIpc) is 3.49. The molecular formula is C19H21ClN6O3S. The van der Waals surface area contributed by atoms with E-state index in [2.05, 4.69) is 20.8 Å². The van der Waals surface area contributed by atoms with Gasteiger partial charge in [0.1, 0.15) is 0 Å². The maximum absolute atomic E-state index is 12.8. The Labute approximate surface area is 182 Å². The van der Waals surface area contributed by atoms with E-state index in [0.29, 0.717) is 27.4 Å². The zero-order valence-electron chi connectivity index (χ0n) is 16.2. The van der Waals surface area contributed by atoms with Gasteiger partial charge in [-0.1, -0.05) is 35.5 Å². The molecule has 30 heavy (non-hydrogen) atoms. The van der Waals surface area contributed by atoms with Crippen molar-refractivity contribution in [3.8, 4) is 0 Å². The molecule has 0 radical (unpaired) electrons. The van der Waals surface area contributed by atoms with E-state index in [1.165, 1.54) is 16.4 Å². The predicted octanol–water partition coefficient (Wildman–Crippen LogP) is 2.49. The van der Waals surface area contributed by atoms with Gasteiger partial charge in [0.25, 0.3) is 0 Å². The van der Waals surface area contributed by atoms with Crippen molar-refractivity contribution >= 4 is 35.4 Å². The Hall–Kier alpha value is -2.72. The number of rotatable bonds is 7. The Morgan fingerprint density at radius 2 is 2.07 bits per heavy atom. The minimum absolute atomic E-state index is 0.214. The van der Waals surface area contributed by atoms with Crippen molar-refractivity contribution in [3.05, 3.63) is 51.9 Å². The Balaban J connectivity index is 1.64. The van der Waals surface area contributed by atoms with E-state index in [1.807, 2.05) is 0 Å². The van der Waals surface area contributed by atoms with E-state index >= 15 is 0 Å². The summed E-state index contributed by atoms with van der Waals surface area (Å²) >= 11 is 7.28. The second kappa shape index (κ2) is 8.57. The van der Waals surface area contributed by atoms with E-state index in [1.54, 1.807) is 31.2 Å². The fourth-order valence-electron chi connectivity index (χ4n) is 3.23. The first kappa shape index (κ1) is 20.5. The molecule has 11 heteroatoms. The van der Waals surface area contributed by atoms with Crippen molar-refractivity contribution in [2.75, 3.05) is 18.2 Å². The lowest BCUT2D eigenvalue weighted by Gasteiger charge is -2.29. The van der Waals surface area contributed by atoms with E-state index in [0.717, 1.165) is 24.2 Å². The predicted molar refractivity (Wildman–Crippen MR) is 112 cm³/mol. The van der Waals surface area contributed by atoms with Crippen LogP contribution < -0.4 is 16.5 Å². The number of carbonyl (C=O) groups is 2. The van der Waals surface area contributed by atoms with Crippen LogP contribution in [0.1, 0.15) is 43.1 Å². The summed E-state index contributed by atoms with van der Waals surface area (Å²) in [5.74, 6) is 6.99. The van der Waals surface area contributed by atoms with Gasteiger partial charge in [-0.3, -0.25) is 0 Å². The van der Waals surface area contributed by atoms with Gasteiger partial charge in [-0.05, 0) is 37.5 Å². The molecule has 1 atom stereocenters. The van der Waals surface area contributed by atoms with Crippen molar-refractivity contribution < 1.29 is 14.3 Å². The number of urea groups is 1. The minimum Gasteiger partial charge on any atom is -0.463 e. The summed E-state index contributed by atoms with van der Waals surface area (Å²) in [6.07, 6.45) is 2.12. The molecule has 1 aromatic heterocycles. The number of amides is 2. The van der Waals surface area contributed by atoms with Crippen LogP contribution in [0.15, 0.2) is 40.7 Å². The topological polar surface area (TPSA) is 124 Å². The third-order valence-electron chi connectivity index (χ3n) is 4.83. The van der Waals surface area contributed by atoms with E-state index in [-0.39, 0.29) is 12.4 Å². The molecule has 2 amide bonds. The third-order valence-corrected chi connectivity index (χ3v) is 6.05. The van der Waals surface area contributed by atoms with Crippen LogP contribution in [-0.4, -0.2) is 39.2 Å². The number of aromatic nitrogens is 3. The summed E-state index contributed by atoms with van der Waals surface area (Å²) < 4.78 is 6.74. The number of nitrogens with one attached hydrogen (secondary N) is 2. The van der Waals surface area contributed by atoms with Gasteiger partial charge in [-0.15, -0.1) is 10.2 Å². The maximum Gasteiger partial charge on any atom is 0.338 e. The summed E-state index contributed by atoms with van der Waals surface area (Å²) in [7, 11) is 0. The van der Waals surface area contributed by atoms with Crippen LogP contribution in [0.4, 0.5) is 4.79 Å². The second-order valence-electron chi connectivity index (χ2n) is 6.97. The zero-order valence-corrected chi connectivity index (χ0v) is 17.8. The number of esters is 1. The number of ether oxygens (including phenoxy) is 1. The molecule has 4 rings (SSSR count). The first-order valence-corrected chi connectivity index (χ1v) is 10.9. The smallest absolute Gasteiger partial charge is 0.338 e. The molecule has 1 fully saturated rings. The van der Waals surface area contributed by atoms with Gasteiger partial charge in [0.15, 0.2) is 5.82 Å². The summed E-state index contributed by atoms with van der Waals surface area (Å²) in [6, 6.07) is 5.87. The number of hydrogen-bond donors (Lipinski definition) is 3. The molecule has 9 nitrogen and oxygen atoms in total. The lowest BCUT2D eigenvalue weighted by Crippen LogP contribution is -2.46. The number of halogens is 1. The summed E-state index contributed by atoms with van der Waals surface area (Å²) in [6.45, 7) is 1.95. The maximum atomic E-state index is 12.8. The van der Waals surface area contributed by atoms with Crippen molar-refractivity contribution in [2.24, 2.45) is 0 Å². The van der Waals surface area contributed by atoms with Crippen molar-refractivity contribution in [1.82, 2.24) is 25.5 Å². The molecule has 2 aliphatic rings. The molecular weight excluding hydrogens is 428 g/mol. The van der Waals surface area contributed by atoms with Crippen LogP contribution in [0.5, 0.6) is 0 Å². The van der Waals surface area contributed by atoms with Gasteiger partial charge in [-0.2, -0.15) is 0 Å². The lowest BCUT2D eigenvalue weighted by atomic mass is 9.95. The normalized spacial score (nSPS) is 18.7. The summed E-state index contributed by atoms with van der Waals surface area (Å²) in [5.41, 5.74) is 1.49.